The van der Waals surface area contributed by atoms with Gasteiger partial charge >= 0.3 is 0 Å². The molecule has 1 heterocycles. The van der Waals surface area contributed by atoms with Crippen LogP contribution < -0.4 is 0 Å². The van der Waals surface area contributed by atoms with Gasteiger partial charge in [-0.15, -0.1) is 0 Å². The first-order valence-corrected chi connectivity index (χ1v) is 6.37. The van der Waals surface area contributed by atoms with Crippen LogP contribution in [0.5, 0.6) is 0 Å². The van der Waals surface area contributed by atoms with E-state index in [9.17, 15) is 4.79 Å². The van der Waals surface area contributed by atoms with Gasteiger partial charge in [-0.3, -0.25) is 4.79 Å². The van der Waals surface area contributed by atoms with Crippen LogP contribution in [-0.2, 0) is 5.41 Å². The summed E-state index contributed by atoms with van der Waals surface area (Å²) in [6, 6.07) is 11.7. The van der Waals surface area contributed by atoms with Crippen LogP contribution in [0.15, 0.2) is 53.3 Å². The van der Waals surface area contributed by atoms with Crippen molar-refractivity contribution < 1.29 is 9.21 Å². The summed E-state index contributed by atoms with van der Waals surface area (Å²) < 4.78 is 5.03. The Bertz CT molecular complexity index is 493. The fraction of sp³-hybridized carbons (Fsp3) is 0.312. The molecule has 0 saturated carbocycles. The van der Waals surface area contributed by atoms with Crippen molar-refractivity contribution in [1.82, 2.24) is 0 Å². The molecule has 0 unspecified atom stereocenters. The Morgan fingerprint density at radius 3 is 2.28 bits per heavy atom. The minimum Gasteiger partial charge on any atom is -0.472 e. The molecule has 18 heavy (non-hydrogen) atoms. The Hall–Kier alpha value is -1.83. The Kier molecular flexibility index (Phi) is 3.66. The smallest absolute Gasteiger partial charge is 0.176 e. The molecule has 0 amide bonds. The van der Waals surface area contributed by atoms with Crippen molar-refractivity contribution in [3.05, 3.63) is 60.1 Å². The molecule has 0 aliphatic carbocycles. The molecule has 2 nitrogen and oxygen atoms in total. The third kappa shape index (κ3) is 1.99. The molecule has 0 bridgehead atoms. The van der Waals surface area contributed by atoms with Gasteiger partial charge in [0.2, 0.25) is 0 Å². The minimum atomic E-state index is -0.439. The van der Waals surface area contributed by atoms with E-state index in [4.69, 9.17) is 4.42 Å². The van der Waals surface area contributed by atoms with Gasteiger partial charge in [-0.05, 0) is 24.5 Å². The first-order valence-electron chi connectivity index (χ1n) is 6.37. The third-order valence-electron chi connectivity index (χ3n) is 3.75. The quantitative estimate of drug-likeness (QED) is 0.735. The highest BCUT2D eigenvalue weighted by Gasteiger charge is 2.37. The molecule has 0 fully saturated rings. The topological polar surface area (TPSA) is 30.2 Å². The fourth-order valence-electron chi connectivity index (χ4n) is 2.54. The van der Waals surface area contributed by atoms with Gasteiger partial charge in [0, 0.05) is 0 Å². The summed E-state index contributed by atoms with van der Waals surface area (Å²) in [5.74, 6) is 0.146. The summed E-state index contributed by atoms with van der Waals surface area (Å²) in [6.07, 6.45) is 4.66. The lowest BCUT2D eigenvalue weighted by Crippen LogP contribution is -2.34. The maximum atomic E-state index is 12.7. The number of carbonyl (C=O) groups is 1. The first kappa shape index (κ1) is 12.6. The lowest BCUT2D eigenvalue weighted by atomic mass is 9.71. The van der Waals surface area contributed by atoms with Crippen molar-refractivity contribution >= 4 is 5.78 Å². The third-order valence-corrected chi connectivity index (χ3v) is 3.75. The molecule has 0 N–H and O–H groups in total. The zero-order valence-electron chi connectivity index (χ0n) is 10.8. The number of carbonyl (C=O) groups excluding carboxylic acids is 1. The molecule has 1 aromatic carbocycles. The summed E-state index contributed by atoms with van der Waals surface area (Å²) >= 11 is 0. The van der Waals surface area contributed by atoms with Crippen LogP contribution in [0, 0.1) is 0 Å². The maximum absolute atomic E-state index is 12.7. The summed E-state index contributed by atoms with van der Waals surface area (Å²) in [6.45, 7) is 4.13. The van der Waals surface area contributed by atoms with E-state index < -0.39 is 5.41 Å². The van der Waals surface area contributed by atoms with Crippen molar-refractivity contribution in [2.75, 3.05) is 0 Å². The van der Waals surface area contributed by atoms with E-state index in [2.05, 4.69) is 13.8 Å². The number of furan rings is 1. The van der Waals surface area contributed by atoms with Crippen molar-refractivity contribution in [3.8, 4) is 0 Å². The molecule has 0 spiro atoms. The molecule has 0 saturated heterocycles. The largest absolute Gasteiger partial charge is 0.472 e. The van der Waals surface area contributed by atoms with Crippen LogP contribution in [0.3, 0.4) is 0 Å². The van der Waals surface area contributed by atoms with Crippen LogP contribution in [-0.4, -0.2) is 5.78 Å². The van der Waals surface area contributed by atoms with E-state index in [0.717, 1.165) is 18.4 Å². The SMILES string of the molecule is CCC(CC)(C(=O)c1ccoc1)c1ccccc1. The van der Waals surface area contributed by atoms with Gasteiger partial charge in [-0.2, -0.15) is 0 Å². The monoisotopic (exact) mass is 242 g/mol. The highest BCUT2D eigenvalue weighted by molar-refractivity contribution is 6.03. The lowest BCUT2D eigenvalue weighted by Gasteiger charge is -2.30. The molecule has 0 atom stereocenters. The molecule has 0 radical (unpaired) electrons. The second-order valence-corrected chi connectivity index (χ2v) is 4.50. The number of ketones is 1. The standard InChI is InChI=1S/C16H18O2/c1-3-16(4-2,14-8-6-5-7-9-14)15(17)13-10-11-18-12-13/h5-12H,3-4H2,1-2H3. The Labute approximate surface area is 108 Å². The van der Waals surface area contributed by atoms with Gasteiger partial charge in [-0.1, -0.05) is 44.2 Å². The first-order chi connectivity index (χ1) is 8.74. The molecule has 2 heteroatoms. The number of Topliss-reactive ketones (excluding diaryl/α,β-unsaturated/α-hetero) is 1. The summed E-state index contributed by atoms with van der Waals surface area (Å²) in [5.41, 5.74) is 1.30. The maximum Gasteiger partial charge on any atom is 0.176 e. The van der Waals surface area contributed by atoms with Crippen molar-refractivity contribution in [3.63, 3.8) is 0 Å². The van der Waals surface area contributed by atoms with Gasteiger partial charge in [-0.25, -0.2) is 0 Å². The highest BCUT2D eigenvalue weighted by atomic mass is 16.3. The lowest BCUT2D eigenvalue weighted by molar-refractivity contribution is 0.0872. The van der Waals surface area contributed by atoms with Crippen molar-refractivity contribution in [2.24, 2.45) is 0 Å². The van der Waals surface area contributed by atoms with Crippen LogP contribution in [0.1, 0.15) is 42.6 Å². The Morgan fingerprint density at radius 1 is 1.11 bits per heavy atom. The van der Waals surface area contributed by atoms with E-state index in [-0.39, 0.29) is 5.78 Å². The molecule has 2 rings (SSSR count). The second-order valence-electron chi connectivity index (χ2n) is 4.50. The summed E-state index contributed by atoms with van der Waals surface area (Å²) in [4.78, 5) is 12.7. The zero-order chi connectivity index (χ0) is 13.0. The predicted molar refractivity (Wildman–Crippen MR) is 71.7 cm³/mol. The molecule has 94 valence electrons. The van der Waals surface area contributed by atoms with Gasteiger partial charge in [0.25, 0.3) is 0 Å². The van der Waals surface area contributed by atoms with E-state index in [1.807, 2.05) is 30.3 Å². The number of rotatable bonds is 5. The van der Waals surface area contributed by atoms with Gasteiger partial charge in [0.05, 0.1) is 17.2 Å². The van der Waals surface area contributed by atoms with E-state index >= 15 is 0 Å². The Balaban J connectivity index is 2.48. The number of hydrogen-bond donors (Lipinski definition) is 0. The summed E-state index contributed by atoms with van der Waals surface area (Å²) in [5, 5.41) is 0. The van der Waals surface area contributed by atoms with Crippen molar-refractivity contribution in [2.45, 2.75) is 32.1 Å². The molecule has 1 aromatic heterocycles. The van der Waals surface area contributed by atoms with Crippen LogP contribution >= 0.6 is 0 Å². The number of benzene rings is 1. The average Bonchev–Trinajstić information content (AvgIpc) is 2.96. The van der Waals surface area contributed by atoms with Crippen LogP contribution in [0.2, 0.25) is 0 Å². The van der Waals surface area contributed by atoms with E-state index in [1.165, 1.54) is 6.26 Å². The summed E-state index contributed by atoms with van der Waals surface area (Å²) in [7, 11) is 0. The molecule has 0 aliphatic rings. The van der Waals surface area contributed by atoms with Crippen molar-refractivity contribution in [1.29, 1.82) is 0 Å². The Morgan fingerprint density at radius 2 is 1.78 bits per heavy atom. The molecule has 0 aliphatic heterocycles. The second kappa shape index (κ2) is 5.21. The minimum absolute atomic E-state index is 0.146. The fourth-order valence-corrected chi connectivity index (χ4v) is 2.54. The van der Waals surface area contributed by atoms with Gasteiger partial charge in [0.15, 0.2) is 5.78 Å². The average molecular weight is 242 g/mol. The normalized spacial score (nSPS) is 11.4. The molecular formula is C16H18O2. The molecule has 2 aromatic rings. The van der Waals surface area contributed by atoms with Gasteiger partial charge < -0.3 is 4.42 Å². The van der Waals surface area contributed by atoms with E-state index in [1.54, 1.807) is 12.3 Å². The zero-order valence-corrected chi connectivity index (χ0v) is 10.8. The van der Waals surface area contributed by atoms with Gasteiger partial charge in [0.1, 0.15) is 6.26 Å². The van der Waals surface area contributed by atoms with Crippen LogP contribution in [0.4, 0.5) is 0 Å². The number of hydrogen-bond acceptors (Lipinski definition) is 2. The highest BCUT2D eigenvalue weighted by Crippen LogP contribution is 2.35. The van der Waals surface area contributed by atoms with E-state index in [0.29, 0.717) is 5.56 Å². The molecular weight excluding hydrogens is 224 g/mol. The van der Waals surface area contributed by atoms with Crippen LogP contribution in [0.25, 0.3) is 0 Å². The predicted octanol–water partition coefficient (Wildman–Crippen LogP) is 4.22.